The van der Waals surface area contributed by atoms with E-state index in [1.807, 2.05) is 6.92 Å². The van der Waals surface area contributed by atoms with E-state index in [0.29, 0.717) is 63.9 Å². The van der Waals surface area contributed by atoms with Gasteiger partial charge in [0.25, 0.3) is 5.78 Å². The molecule has 48 heavy (non-hydrogen) atoms. The molecule has 0 bridgehead atoms. The molecule has 0 radical (unpaired) electrons. The van der Waals surface area contributed by atoms with Crippen molar-refractivity contribution < 1.29 is 33.3 Å². The van der Waals surface area contributed by atoms with Gasteiger partial charge >= 0.3 is 5.91 Å². The predicted molar refractivity (Wildman–Crippen MR) is 186 cm³/mol. The fourth-order valence-corrected chi connectivity index (χ4v) is 6.92. The maximum absolute atomic E-state index is 14.2. The quantitative estimate of drug-likeness (QED) is 0.0310. The van der Waals surface area contributed by atoms with Gasteiger partial charge in [-0.3, -0.25) is 14.5 Å². The lowest BCUT2D eigenvalue weighted by Crippen LogP contribution is -2.29. The summed E-state index contributed by atoms with van der Waals surface area (Å²) in [5.41, 5.74) is 1.27. The summed E-state index contributed by atoms with van der Waals surface area (Å²) in [6, 6.07) is 17.4. The normalized spacial score (nSPS) is 15.6. The lowest BCUT2D eigenvalue weighted by molar-refractivity contribution is -0.132. The highest BCUT2D eigenvalue weighted by Gasteiger charge is 2.48. The SMILES string of the molecule is CCCCOc1ccc(C(O)=C2C(=O)C(=O)N(c3nnc(SCc4ccccc4F)s3)[C@@H]2c2ccc(OCCCC)c(OCC)c2)cc1. The van der Waals surface area contributed by atoms with Crippen LogP contribution in [0.5, 0.6) is 17.2 Å². The molecule has 252 valence electrons. The van der Waals surface area contributed by atoms with E-state index >= 15 is 0 Å². The number of aliphatic hydroxyl groups excluding tert-OH is 1. The third-order valence-electron chi connectivity index (χ3n) is 7.59. The second-order valence-electron chi connectivity index (χ2n) is 11.0. The summed E-state index contributed by atoms with van der Waals surface area (Å²) >= 11 is 2.38. The molecule has 2 heterocycles. The van der Waals surface area contributed by atoms with Crippen LogP contribution in [0.2, 0.25) is 0 Å². The van der Waals surface area contributed by atoms with Gasteiger partial charge in [0.1, 0.15) is 17.3 Å². The fourth-order valence-electron chi connectivity index (χ4n) is 5.07. The largest absolute Gasteiger partial charge is 0.507 e. The molecule has 1 amide bonds. The Balaban J connectivity index is 1.54. The maximum Gasteiger partial charge on any atom is 0.301 e. The number of nitrogens with zero attached hydrogens (tertiary/aromatic N) is 3. The van der Waals surface area contributed by atoms with Crippen LogP contribution in [-0.2, 0) is 15.3 Å². The van der Waals surface area contributed by atoms with Crippen LogP contribution in [-0.4, -0.2) is 46.8 Å². The molecular weight excluding hydrogens is 654 g/mol. The van der Waals surface area contributed by atoms with E-state index in [4.69, 9.17) is 14.2 Å². The maximum atomic E-state index is 14.2. The summed E-state index contributed by atoms with van der Waals surface area (Å²) in [6.07, 6.45) is 3.73. The number of halogens is 1. The van der Waals surface area contributed by atoms with Crippen LogP contribution in [0.25, 0.3) is 5.76 Å². The summed E-state index contributed by atoms with van der Waals surface area (Å²) in [7, 11) is 0. The van der Waals surface area contributed by atoms with Gasteiger partial charge in [-0.15, -0.1) is 10.2 Å². The van der Waals surface area contributed by atoms with Crippen molar-refractivity contribution in [1.29, 1.82) is 0 Å². The Bertz CT molecular complexity index is 1760. The minimum Gasteiger partial charge on any atom is -0.507 e. The van der Waals surface area contributed by atoms with Crippen LogP contribution in [0, 0.1) is 5.82 Å². The number of carbonyl (C=O) groups is 2. The molecule has 1 aliphatic rings. The molecule has 12 heteroatoms. The molecule has 1 aliphatic heterocycles. The molecule has 1 N–H and O–H groups in total. The molecule has 0 spiro atoms. The lowest BCUT2D eigenvalue weighted by Gasteiger charge is -2.23. The lowest BCUT2D eigenvalue weighted by atomic mass is 9.95. The number of Topliss-reactive ketones (excluding diaryl/α,β-unsaturated/α-hetero) is 1. The minimum atomic E-state index is -1.05. The molecule has 4 aromatic rings. The first-order valence-corrected chi connectivity index (χ1v) is 17.8. The van der Waals surface area contributed by atoms with E-state index < -0.39 is 17.7 Å². The van der Waals surface area contributed by atoms with Gasteiger partial charge in [-0.25, -0.2) is 4.39 Å². The smallest absolute Gasteiger partial charge is 0.301 e. The monoisotopic (exact) mass is 691 g/mol. The summed E-state index contributed by atoms with van der Waals surface area (Å²) in [6.45, 7) is 7.43. The Morgan fingerprint density at radius 2 is 1.65 bits per heavy atom. The Hall–Kier alpha value is -4.42. The van der Waals surface area contributed by atoms with Crippen molar-refractivity contribution in [2.75, 3.05) is 24.7 Å². The molecule has 1 atom stereocenters. The van der Waals surface area contributed by atoms with E-state index in [0.717, 1.165) is 37.0 Å². The number of hydrogen-bond donors (Lipinski definition) is 1. The zero-order valence-corrected chi connectivity index (χ0v) is 28.7. The molecule has 0 unspecified atom stereocenters. The highest BCUT2D eigenvalue weighted by atomic mass is 32.2. The first-order chi connectivity index (χ1) is 23.4. The molecule has 0 aliphatic carbocycles. The summed E-state index contributed by atoms with van der Waals surface area (Å²) < 4.78 is 32.4. The molecule has 5 rings (SSSR count). The van der Waals surface area contributed by atoms with Crippen molar-refractivity contribution in [3.05, 3.63) is 94.8 Å². The molecule has 1 saturated heterocycles. The van der Waals surface area contributed by atoms with Gasteiger partial charge in [0.15, 0.2) is 15.8 Å². The van der Waals surface area contributed by atoms with Crippen molar-refractivity contribution >= 4 is 45.7 Å². The summed E-state index contributed by atoms with van der Waals surface area (Å²) in [4.78, 5) is 28.8. The van der Waals surface area contributed by atoms with Crippen LogP contribution in [0.4, 0.5) is 9.52 Å². The number of anilines is 1. The minimum absolute atomic E-state index is 0.0995. The molecule has 0 saturated carbocycles. The van der Waals surface area contributed by atoms with Crippen molar-refractivity contribution in [2.45, 2.75) is 62.6 Å². The number of thioether (sulfide) groups is 1. The van der Waals surface area contributed by atoms with E-state index in [1.54, 1.807) is 60.7 Å². The molecule has 9 nitrogen and oxygen atoms in total. The standard InChI is InChI=1S/C36H38FN3O6S2/c1-4-7-19-45-26-16-13-23(14-17-26)32(41)30-31(24-15-18-28(46-20-8-5-2)29(21-24)44-6-3)40(34(43)33(30)42)35-38-39-36(48-35)47-22-25-11-9-10-12-27(25)37/h9-18,21,31,41H,4-8,19-20,22H2,1-3H3/t31-/m1/s1. The third-order valence-corrected chi connectivity index (χ3v) is 9.69. The van der Waals surface area contributed by atoms with Crippen LogP contribution >= 0.6 is 23.1 Å². The zero-order valence-electron chi connectivity index (χ0n) is 27.1. The Kier molecular flexibility index (Phi) is 12.1. The average molecular weight is 692 g/mol. The van der Waals surface area contributed by atoms with Crippen LogP contribution < -0.4 is 19.1 Å². The fraction of sp³-hybridized carbons (Fsp3) is 0.333. The summed E-state index contributed by atoms with van der Waals surface area (Å²) in [5, 5.41) is 20.3. The van der Waals surface area contributed by atoms with Gasteiger partial charge in [-0.2, -0.15) is 0 Å². The molecule has 1 aromatic heterocycles. The van der Waals surface area contributed by atoms with Crippen LogP contribution in [0.3, 0.4) is 0 Å². The van der Waals surface area contributed by atoms with Crippen LogP contribution in [0.1, 0.15) is 69.2 Å². The third kappa shape index (κ3) is 7.99. The van der Waals surface area contributed by atoms with Gasteiger partial charge in [0, 0.05) is 11.3 Å². The molecular formula is C36H38FN3O6S2. The van der Waals surface area contributed by atoms with Gasteiger partial charge in [0.2, 0.25) is 5.13 Å². The van der Waals surface area contributed by atoms with Gasteiger partial charge in [-0.05, 0) is 73.4 Å². The Morgan fingerprint density at radius 1 is 0.917 bits per heavy atom. The summed E-state index contributed by atoms with van der Waals surface area (Å²) in [5.74, 6) is -0.461. The number of amides is 1. The first kappa shape index (κ1) is 34.9. The van der Waals surface area contributed by atoms with Crippen molar-refractivity contribution in [1.82, 2.24) is 10.2 Å². The second kappa shape index (κ2) is 16.6. The average Bonchev–Trinajstić information content (AvgIpc) is 3.66. The van der Waals surface area contributed by atoms with Crippen LogP contribution in [0.15, 0.2) is 76.6 Å². The van der Waals surface area contributed by atoms with E-state index in [1.165, 1.54) is 22.7 Å². The van der Waals surface area contributed by atoms with Gasteiger partial charge < -0.3 is 19.3 Å². The zero-order chi connectivity index (χ0) is 34.0. The molecule has 1 fully saturated rings. The number of hydrogen-bond acceptors (Lipinski definition) is 10. The first-order valence-electron chi connectivity index (χ1n) is 16.0. The highest BCUT2D eigenvalue weighted by Crippen LogP contribution is 2.46. The van der Waals surface area contributed by atoms with E-state index in [9.17, 15) is 19.1 Å². The number of aliphatic hydroxyl groups is 1. The Morgan fingerprint density at radius 3 is 2.35 bits per heavy atom. The van der Waals surface area contributed by atoms with Gasteiger partial charge in [-0.1, -0.05) is 74.1 Å². The Labute approximate surface area is 287 Å². The number of carbonyl (C=O) groups excluding carboxylic acids is 2. The number of aromatic nitrogens is 2. The van der Waals surface area contributed by atoms with Crippen molar-refractivity contribution in [3.63, 3.8) is 0 Å². The molecule has 3 aromatic carbocycles. The highest BCUT2D eigenvalue weighted by molar-refractivity contribution is 8.00. The van der Waals surface area contributed by atoms with Crippen molar-refractivity contribution in [2.24, 2.45) is 0 Å². The predicted octanol–water partition coefficient (Wildman–Crippen LogP) is 8.35. The van der Waals surface area contributed by atoms with E-state index in [-0.39, 0.29) is 22.3 Å². The number of rotatable bonds is 16. The van der Waals surface area contributed by atoms with Crippen molar-refractivity contribution in [3.8, 4) is 17.2 Å². The topological polar surface area (TPSA) is 111 Å². The number of ketones is 1. The van der Waals surface area contributed by atoms with Gasteiger partial charge in [0.05, 0.1) is 31.4 Å². The van der Waals surface area contributed by atoms with E-state index in [2.05, 4.69) is 24.0 Å². The number of benzene rings is 3. The number of unbranched alkanes of at least 4 members (excludes halogenated alkanes) is 2. The number of ether oxygens (including phenoxy) is 3. The second-order valence-corrected chi connectivity index (χ2v) is 13.1.